The smallest absolute Gasteiger partial charge is 0.344 e. The first-order chi connectivity index (χ1) is 11.6. The molecule has 0 unspecified atom stereocenters. The van der Waals surface area contributed by atoms with Crippen LogP contribution in [0.4, 0.5) is 5.69 Å². The average molecular weight is 346 g/mol. The number of aromatic amines is 1. The molecule has 2 aromatic rings. The fraction of sp³-hybridized carbons (Fsp3) is 0.333. The lowest BCUT2D eigenvalue weighted by molar-refractivity contribution is -0.118. The minimum Gasteiger partial charge on any atom is -0.482 e. The summed E-state index contributed by atoms with van der Waals surface area (Å²) in [6.07, 6.45) is 1.93. The Morgan fingerprint density at radius 1 is 1.38 bits per heavy atom. The highest BCUT2D eigenvalue weighted by Gasteiger charge is 2.29. The maximum atomic E-state index is 12.4. The van der Waals surface area contributed by atoms with Crippen LogP contribution in [0.2, 0.25) is 0 Å². The largest absolute Gasteiger partial charge is 0.482 e. The molecule has 9 heteroatoms. The van der Waals surface area contributed by atoms with Crippen LogP contribution >= 0.6 is 11.8 Å². The number of thioether (sulfide) groups is 1. The SMILES string of the molecule is O=C1COc2ccc(C(=O)CSc3n[nH]c(=O)n3C3CC3)cc2N1. The third-order valence-corrected chi connectivity index (χ3v) is 4.80. The summed E-state index contributed by atoms with van der Waals surface area (Å²) in [6.45, 7) is -0.0198. The first-order valence-electron chi connectivity index (χ1n) is 7.51. The van der Waals surface area contributed by atoms with Crippen molar-refractivity contribution in [1.29, 1.82) is 0 Å². The maximum Gasteiger partial charge on any atom is 0.344 e. The molecule has 8 nitrogen and oxygen atoms in total. The molecule has 0 atom stereocenters. The van der Waals surface area contributed by atoms with Gasteiger partial charge in [-0.05, 0) is 31.0 Å². The van der Waals surface area contributed by atoms with Gasteiger partial charge in [0.15, 0.2) is 17.5 Å². The number of carbonyl (C=O) groups is 2. The summed E-state index contributed by atoms with van der Waals surface area (Å²) in [7, 11) is 0. The lowest BCUT2D eigenvalue weighted by atomic mass is 10.1. The quantitative estimate of drug-likeness (QED) is 0.623. The number of nitrogens with one attached hydrogen (secondary N) is 2. The van der Waals surface area contributed by atoms with Crippen molar-refractivity contribution in [2.75, 3.05) is 17.7 Å². The van der Waals surface area contributed by atoms with Gasteiger partial charge in [-0.25, -0.2) is 9.89 Å². The van der Waals surface area contributed by atoms with Crippen LogP contribution in [-0.4, -0.2) is 38.8 Å². The van der Waals surface area contributed by atoms with Gasteiger partial charge in [-0.3, -0.25) is 14.2 Å². The molecule has 2 aliphatic rings. The van der Waals surface area contributed by atoms with E-state index in [2.05, 4.69) is 15.5 Å². The molecule has 4 rings (SSSR count). The van der Waals surface area contributed by atoms with Gasteiger partial charge in [-0.2, -0.15) is 0 Å². The first-order valence-corrected chi connectivity index (χ1v) is 8.50. The van der Waals surface area contributed by atoms with Crippen molar-refractivity contribution in [1.82, 2.24) is 14.8 Å². The van der Waals surface area contributed by atoms with Crippen molar-refractivity contribution >= 4 is 29.1 Å². The third kappa shape index (κ3) is 2.82. The number of rotatable bonds is 5. The minimum atomic E-state index is -0.244. The number of carbonyl (C=O) groups excluding carboxylic acids is 2. The van der Waals surface area contributed by atoms with Crippen molar-refractivity contribution in [2.24, 2.45) is 0 Å². The Morgan fingerprint density at radius 3 is 3.00 bits per heavy atom. The average Bonchev–Trinajstić information content (AvgIpc) is 3.34. The van der Waals surface area contributed by atoms with E-state index in [0.717, 1.165) is 12.8 Å². The van der Waals surface area contributed by atoms with Crippen LogP contribution in [-0.2, 0) is 4.79 Å². The Hall–Kier alpha value is -2.55. The number of ether oxygens (including phenoxy) is 1. The molecule has 1 amide bonds. The van der Waals surface area contributed by atoms with E-state index in [9.17, 15) is 14.4 Å². The highest BCUT2D eigenvalue weighted by atomic mass is 32.2. The lowest BCUT2D eigenvalue weighted by Crippen LogP contribution is -2.25. The number of anilines is 1. The van der Waals surface area contributed by atoms with Crippen molar-refractivity contribution in [3.05, 3.63) is 34.2 Å². The van der Waals surface area contributed by atoms with Crippen molar-refractivity contribution in [2.45, 2.75) is 24.0 Å². The van der Waals surface area contributed by atoms with Crippen LogP contribution in [0, 0.1) is 0 Å². The summed E-state index contributed by atoms with van der Waals surface area (Å²) in [6, 6.07) is 5.14. The summed E-state index contributed by atoms with van der Waals surface area (Å²) in [5, 5.41) is 9.62. The number of Topliss-reactive ketones (excluding diaryl/α,β-unsaturated/α-hetero) is 1. The zero-order chi connectivity index (χ0) is 16.7. The molecule has 0 bridgehead atoms. The first kappa shape index (κ1) is 15.0. The Kier molecular flexibility index (Phi) is 3.64. The Labute approximate surface area is 140 Å². The number of nitrogens with zero attached hydrogens (tertiary/aromatic N) is 2. The second-order valence-electron chi connectivity index (χ2n) is 5.67. The van der Waals surface area contributed by atoms with Crippen LogP contribution in [0.5, 0.6) is 5.75 Å². The number of amides is 1. The Morgan fingerprint density at radius 2 is 2.21 bits per heavy atom. The number of hydrogen-bond acceptors (Lipinski definition) is 6. The number of ketones is 1. The number of H-pyrrole nitrogens is 1. The summed E-state index contributed by atoms with van der Waals surface area (Å²) >= 11 is 1.23. The Balaban J connectivity index is 1.48. The molecule has 1 fully saturated rings. The van der Waals surface area contributed by atoms with E-state index in [4.69, 9.17) is 4.74 Å². The van der Waals surface area contributed by atoms with Gasteiger partial charge < -0.3 is 10.1 Å². The van der Waals surface area contributed by atoms with E-state index in [-0.39, 0.29) is 35.8 Å². The number of benzene rings is 1. The van der Waals surface area contributed by atoms with Crippen LogP contribution in [0.15, 0.2) is 28.2 Å². The molecule has 2 N–H and O–H groups in total. The molecule has 1 saturated carbocycles. The molecule has 24 heavy (non-hydrogen) atoms. The van der Waals surface area contributed by atoms with E-state index >= 15 is 0 Å². The zero-order valence-electron chi connectivity index (χ0n) is 12.6. The third-order valence-electron chi connectivity index (χ3n) is 3.85. The fourth-order valence-electron chi connectivity index (χ4n) is 2.52. The van der Waals surface area contributed by atoms with Gasteiger partial charge in [0.25, 0.3) is 5.91 Å². The summed E-state index contributed by atoms with van der Waals surface area (Å²) in [5.74, 6) is 0.352. The molecule has 124 valence electrons. The van der Waals surface area contributed by atoms with E-state index in [1.165, 1.54) is 11.8 Å². The number of hydrogen-bond donors (Lipinski definition) is 2. The second-order valence-corrected chi connectivity index (χ2v) is 6.61. The topological polar surface area (TPSA) is 106 Å². The van der Waals surface area contributed by atoms with Crippen molar-refractivity contribution in [3.8, 4) is 5.75 Å². The van der Waals surface area contributed by atoms with Crippen LogP contribution in [0.1, 0.15) is 29.2 Å². The van der Waals surface area contributed by atoms with E-state index in [1.807, 2.05) is 0 Å². The summed E-state index contributed by atoms with van der Waals surface area (Å²) in [4.78, 5) is 35.5. The predicted molar refractivity (Wildman–Crippen MR) is 86.7 cm³/mol. The second kappa shape index (κ2) is 5.82. The van der Waals surface area contributed by atoms with Gasteiger partial charge in [0.05, 0.1) is 11.4 Å². The fourth-order valence-corrected chi connectivity index (χ4v) is 3.42. The molecule has 0 spiro atoms. The van der Waals surface area contributed by atoms with Gasteiger partial charge in [0.2, 0.25) is 0 Å². The normalized spacial score (nSPS) is 16.2. The minimum absolute atomic E-state index is 0.0198. The number of aromatic nitrogens is 3. The molecule has 0 radical (unpaired) electrons. The Bertz CT molecular complexity index is 884. The standard InChI is InChI=1S/C15H14N4O4S/c20-11(7-24-15-18-17-14(22)19(15)9-2-3-9)8-1-4-12-10(5-8)16-13(21)6-23-12/h1,4-5,9H,2-3,6-7H2,(H,16,21)(H,17,22). The van der Waals surface area contributed by atoms with Gasteiger partial charge in [0.1, 0.15) is 5.75 Å². The van der Waals surface area contributed by atoms with Gasteiger partial charge in [0, 0.05) is 11.6 Å². The number of fused-ring (bicyclic) bond motifs is 1. The van der Waals surface area contributed by atoms with E-state index in [1.54, 1.807) is 22.8 Å². The molecular weight excluding hydrogens is 332 g/mol. The van der Waals surface area contributed by atoms with E-state index < -0.39 is 0 Å². The predicted octanol–water partition coefficient (Wildman–Crippen LogP) is 1.21. The van der Waals surface area contributed by atoms with Crippen molar-refractivity contribution < 1.29 is 14.3 Å². The molecule has 1 aromatic heterocycles. The highest BCUT2D eigenvalue weighted by molar-refractivity contribution is 7.99. The molecular formula is C15H14N4O4S. The monoisotopic (exact) mass is 346 g/mol. The molecule has 1 aliphatic carbocycles. The van der Waals surface area contributed by atoms with Crippen LogP contribution in [0.25, 0.3) is 0 Å². The van der Waals surface area contributed by atoms with Crippen molar-refractivity contribution in [3.63, 3.8) is 0 Å². The molecule has 2 heterocycles. The van der Waals surface area contributed by atoms with Gasteiger partial charge in [-0.1, -0.05) is 11.8 Å². The van der Waals surface area contributed by atoms with Crippen LogP contribution < -0.4 is 15.7 Å². The molecule has 1 aromatic carbocycles. The summed E-state index contributed by atoms with van der Waals surface area (Å²) < 4.78 is 6.88. The van der Waals surface area contributed by atoms with Crippen LogP contribution in [0.3, 0.4) is 0 Å². The highest BCUT2D eigenvalue weighted by Crippen LogP contribution is 2.36. The van der Waals surface area contributed by atoms with Gasteiger partial charge in [-0.15, -0.1) is 5.10 Å². The van der Waals surface area contributed by atoms with E-state index in [0.29, 0.717) is 22.2 Å². The zero-order valence-corrected chi connectivity index (χ0v) is 13.4. The maximum absolute atomic E-state index is 12.4. The van der Waals surface area contributed by atoms with Gasteiger partial charge >= 0.3 is 5.69 Å². The molecule has 0 saturated heterocycles. The summed E-state index contributed by atoms with van der Waals surface area (Å²) in [5.41, 5.74) is 0.737. The molecule has 1 aliphatic heterocycles. The lowest BCUT2D eigenvalue weighted by Gasteiger charge is -2.18.